The van der Waals surface area contributed by atoms with Crippen LogP contribution in [0, 0.1) is 5.82 Å². The molecule has 8 heteroatoms. The third kappa shape index (κ3) is 4.23. The summed E-state index contributed by atoms with van der Waals surface area (Å²) < 4.78 is 19.3. The minimum Gasteiger partial charge on any atom is -0.449 e. The maximum atomic E-state index is 13.3. The minimum atomic E-state index is -1.05. The third-order valence-corrected chi connectivity index (χ3v) is 5.72. The number of aliphatic hydroxyl groups excluding tert-OH is 1. The first-order chi connectivity index (χ1) is 15.2. The molecule has 0 radical (unpaired) electrons. The van der Waals surface area contributed by atoms with Crippen molar-refractivity contribution in [3.63, 3.8) is 0 Å². The Balaban J connectivity index is 1.61. The average molecular weight is 439 g/mol. The molecule has 0 unspecified atom stereocenters. The predicted octanol–water partition coefficient (Wildman–Crippen LogP) is 3.42. The van der Waals surface area contributed by atoms with Gasteiger partial charge in [0, 0.05) is 43.4 Å². The summed E-state index contributed by atoms with van der Waals surface area (Å²) in [5.74, 6) is -0.583. The molecule has 0 aliphatic carbocycles. The molecule has 0 saturated carbocycles. The largest absolute Gasteiger partial charge is 0.449 e. The van der Waals surface area contributed by atoms with E-state index in [1.54, 1.807) is 28.0 Å². The lowest BCUT2D eigenvalue weighted by atomic mass is 10.00. The summed E-state index contributed by atoms with van der Waals surface area (Å²) in [6.45, 7) is 6.95. The standard InChI is InChI=1S/C24H26FN3O4/c1-14(2)18-12-19(16-4-6-17(25)7-5-16)26-20-13-21(32-22(18)20)24(31)28-10-8-27(9-11-28)23(30)15(3)29/h4-7,12-15,29H,8-11H2,1-3H3/t15-/m1/s1. The van der Waals surface area contributed by atoms with Gasteiger partial charge < -0.3 is 19.3 Å². The van der Waals surface area contributed by atoms with Gasteiger partial charge in [0.15, 0.2) is 11.3 Å². The summed E-state index contributed by atoms with van der Waals surface area (Å²) in [6, 6.07) is 9.69. The number of nitrogens with zero attached hydrogens (tertiary/aromatic N) is 3. The number of fused-ring (bicyclic) bond motifs is 1. The topological polar surface area (TPSA) is 86.9 Å². The van der Waals surface area contributed by atoms with E-state index in [4.69, 9.17) is 4.42 Å². The Hall–Kier alpha value is -3.26. The van der Waals surface area contributed by atoms with Gasteiger partial charge in [-0.25, -0.2) is 9.37 Å². The molecule has 3 aromatic rings. The lowest BCUT2D eigenvalue weighted by Crippen LogP contribution is -2.52. The first-order valence-corrected chi connectivity index (χ1v) is 10.7. The summed E-state index contributed by atoms with van der Waals surface area (Å²) in [5, 5.41) is 9.48. The van der Waals surface area contributed by atoms with E-state index in [0.717, 1.165) is 11.1 Å². The lowest BCUT2D eigenvalue weighted by Gasteiger charge is -2.34. The second kappa shape index (κ2) is 8.70. The molecular weight excluding hydrogens is 413 g/mol. The molecule has 0 bridgehead atoms. The van der Waals surface area contributed by atoms with Gasteiger partial charge in [0.2, 0.25) is 0 Å². The van der Waals surface area contributed by atoms with Gasteiger partial charge in [-0.05, 0) is 43.2 Å². The van der Waals surface area contributed by atoms with Crippen molar-refractivity contribution in [2.75, 3.05) is 26.2 Å². The van der Waals surface area contributed by atoms with Crippen molar-refractivity contribution in [3.05, 3.63) is 53.5 Å². The van der Waals surface area contributed by atoms with Crippen LogP contribution in [0.25, 0.3) is 22.4 Å². The highest BCUT2D eigenvalue weighted by Gasteiger charge is 2.28. The number of furan rings is 1. The Morgan fingerprint density at radius 2 is 1.66 bits per heavy atom. The first-order valence-electron chi connectivity index (χ1n) is 10.7. The summed E-state index contributed by atoms with van der Waals surface area (Å²) in [4.78, 5) is 32.9. The molecule has 1 aliphatic rings. The molecule has 2 aromatic heterocycles. The van der Waals surface area contributed by atoms with Gasteiger partial charge in [-0.2, -0.15) is 0 Å². The molecule has 7 nitrogen and oxygen atoms in total. The Bertz CT molecular complexity index is 1150. The van der Waals surface area contributed by atoms with Crippen LogP contribution in [0.1, 0.15) is 42.8 Å². The zero-order chi connectivity index (χ0) is 23.0. The smallest absolute Gasteiger partial charge is 0.289 e. The van der Waals surface area contributed by atoms with Crippen molar-refractivity contribution in [2.45, 2.75) is 32.8 Å². The third-order valence-electron chi connectivity index (χ3n) is 5.72. The number of benzene rings is 1. The van der Waals surface area contributed by atoms with Gasteiger partial charge in [-0.1, -0.05) is 13.8 Å². The number of aliphatic hydroxyl groups is 1. The van der Waals surface area contributed by atoms with Crippen molar-refractivity contribution < 1.29 is 23.5 Å². The number of piperazine rings is 1. The van der Waals surface area contributed by atoms with Crippen LogP contribution in [0.2, 0.25) is 0 Å². The maximum absolute atomic E-state index is 13.3. The van der Waals surface area contributed by atoms with Gasteiger partial charge in [0.25, 0.3) is 11.8 Å². The average Bonchev–Trinajstić information content (AvgIpc) is 3.22. The van der Waals surface area contributed by atoms with Crippen LogP contribution in [0.15, 0.2) is 40.8 Å². The number of aromatic nitrogens is 1. The maximum Gasteiger partial charge on any atom is 0.289 e. The van der Waals surface area contributed by atoms with Gasteiger partial charge in [-0.15, -0.1) is 0 Å². The van der Waals surface area contributed by atoms with Crippen LogP contribution in [0.4, 0.5) is 4.39 Å². The molecule has 1 fully saturated rings. The zero-order valence-corrected chi connectivity index (χ0v) is 18.3. The van der Waals surface area contributed by atoms with Crippen LogP contribution in [-0.4, -0.2) is 64.0 Å². The lowest BCUT2D eigenvalue weighted by molar-refractivity contribution is -0.140. The van der Waals surface area contributed by atoms with E-state index in [1.807, 2.05) is 19.9 Å². The van der Waals surface area contributed by atoms with Crippen LogP contribution >= 0.6 is 0 Å². The second-order valence-electron chi connectivity index (χ2n) is 8.38. The first kappa shape index (κ1) is 22.0. The monoisotopic (exact) mass is 439 g/mol. The number of pyridine rings is 1. The molecule has 4 rings (SSSR count). The van der Waals surface area contributed by atoms with Gasteiger partial charge in [-0.3, -0.25) is 9.59 Å². The van der Waals surface area contributed by atoms with Gasteiger partial charge >= 0.3 is 0 Å². The molecule has 1 aromatic carbocycles. The Labute approximate surface area is 185 Å². The molecule has 1 aliphatic heterocycles. The summed E-state index contributed by atoms with van der Waals surface area (Å²) >= 11 is 0. The minimum absolute atomic E-state index is 0.129. The second-order valence-corrected chi connectivity index (χ2v) is 8.38. The van der Waals surface area contributed by atoms with Gasteiger partial charge in [0.1, 0.15) is 17.4 Å². The van der Waals surface area contributed by atoms with Crippen molar-refractivity contribution in [1.29, 1.82) is 0 Å². The van der Waals surface area contributed by atoms with E-state index >= 15 is 0 Å². The summed E-state index contributed by atoms with van der Waals surface area (Å²) in [6.07, 6.45) is -1.05. The van der Waals surface area contributed by atoms with Crippen LogP contribution in [0.5, 0.6) is 0 Å². The SMILES string of the molecule is CC(C)c1cc(-c2ccc(F)cc2)nc2cc(C(=O)N3CCN(C(=O)[C@@H](C)O)CC3)oc12. The van der Waals surface area contributed by atoms with Crippen molar-refractivity contribution in [1.82, 2.24) is 14.8 Å². The van der Waals surface area contributed by atoms with Crippen LogP contribution < -0.4 is 0 Å². The summed E-state index contributed by atoms with van der Waals surface area (Å²) in [5.41, 5.74) is 3.52. The van der Waals surface area contributed by atoms with Crippen molar-refractivity contribution >= 4 is 22.9 Å². The fourth-order valence-corrected chi connectivity index (χ4v) is 3.90. The van der Waals surface area contributed by atoms with Crippen LogP contribution in [0.3, 0.4) is 0 Å². The quantitative estimate of drug-likeness (QED) is 0.673. The van der Waals surface area contributed by atoms with Crippen molar-refractivity contribution in [3.8, 4) is 11.3 Å². The molecule has 1 atom stereocenters. The molecule has 32 heavy (non-hydrogen) atoms. The molecule has 1 N–H and O–H groups in total. The highest BCUT2D eigenvalue weighted by atomic mass is 19.1. The molecule has 168 valence electrons. The Morgan fingerprint density at radius 3 is 2.25 bits per heavy atom. The molecular formula is C24H26FN3O4. The normalized spacial score (nSPS) is 15.4. The molecule has 3 heterocycles. The van der Waals surface area contributed by atoms with E-state index in [2.05, 4.69) is 4.98 Å². The highest BCUT2D eigenvalue weighted by molar-refractivity contribution is 5.96. The Kier molecular flexibility index (Phi) is 5.97. The number of halogens is 1. The number of carbonyl (C=O) groups excluding carboxylic acids is 2. The van der Waals surface area contributed by atoms with E-state index in [-0.39, 0.29) is 29.3 Å². The highest BCUT2D eigenvalue weighted by Crippen LogP contribution is 2.32. The summed E-state index contributed by atoms with van der Waals surface area (Å²) in [7, 11) is 0. The van der Waals surface area contributed by atoms with E-state index in [1.165, 1.54) is 19.1 Å². The number of hydrogen-bond donors (Lipinski definition) is 1. The van der Waals surface area contributed by atoms with Crippen molar-refractivity contribution in [2.24, 2.45) is 0 Å². The Morgan fingerprint density at radius 1 is 1.03 bits per heavy atom. The number of hydrogen-bond acceptors (Lipinski definition) is 5. The van der Waals surface area contributed by atoms with E-state index in [0.29, 0.717) is 43.0 Å². The van der Waals surface area contributed by atoms with Crippen LogP contribution in [-0.2, 0) is 4.79 Å². The number of rotatable bonds is 4. The molecule has 0 spiro atoms. The van der Waals surface area contributed by atoms with E-state index in [9.17, 15) is 19.1 Å². The van der Waals surface area contributed by atoms with E-state index < -0.39 is 6.10 Å². The van der Waals surface area contributed by atoms with Gasteiger partial charge in [0.05, 0.1) is 5.69 Å². The predicted molar refractivity (Wildman–Crippen MR) is 118 cm³/mol. The zero-order valence-electron chi connectivity index (χ0n) is 18.3. The fourth-order valence-electron chi connectivity index (χ4n) is 3.90. The fraction of sp³-hybridized carbons (Fsp3) is 0.375. The molecule has 1 saturated heterocycles. The molecule has 2 amide bonds. The number of amides is 2. The number of carbonyl (C=O) groups is 2.